The van der Waals surface area contributed by atoms with Gasteiger partial charge in [-0.2, -0.15) is 0 Å². The van der Waals surface area contributed by atoms with Crippen LogP contribution in [0.1, 0.15) is 142 Å². The van der Waals surface area contributed by atoms with Crippen LogP contribution in [0.25, 0.3) is 0 Å². The van der Waals surface area contributed by atoms with Crippen LogP contribution < -0.4 is 5.73 Å². The number of unbranched alkanes of at least 4 members (excludes halogenated alkanes) is 19. The van der Waals surface area contributed by atoms with Crippen LogP contribution in [0.4, 0.5) is 0 Å². The van der Waals surface area contributed by atoms with E-state index in [1.807, 2.05) is 6.08 Å². The normalized spacial score (nSPS) is 11.9. The monoisotopic (exact) mass is 379 g/mol. The van der Waals surface area contributed by atoms with Crippen molar-refractivity contribution in [1.29, 1.82) is 0 Å². The first-order valence-corrected chi connectivity index (χ1v) is 12.1. The van der Waals surface area contributed by atoms with Gasteiger partial charge in [-0.25, -0.2) is 0 Å². The lowest BCUT2D eigenvalue weighted by atomic mass is 10.0. The van der Waals surface area contributed by atoms with Crippen LogP contribution in [-0.4, -0.2) is 5.91 Å². The summed E-state index contributed by atoms with van der Waals surface area (Å²) in [4.78, 5) is 10.9. The number of primary amides is 1. The van der Waals surface area contributed by atoms with Gasteiger partial charge in [0.25, 0.3) is 0 Å². The molecule has 27 heavy (non-hydrogen) atoms. The first-order valence-electron chi connectivity index (χ1n) is 12.1. The number of rotatable bonds is 21. The molecule has 0 radical (unpaired) electrons. The molecule has 0 aromatic carbocycles. The number of hydrogen-bond acceptors (Lipinski definition) is 1. The molecule has 0 fully saturated rings. The fraction of sp³-hybridized carbons (Fsp3) is 0.880. The van der Waals surface area contributed by atoms with Gasteiger partial charge >= 0.3 is 0 Å². The van der Waals surface area contributed by atoms with E-state index >= 15 is 0 Å². The molecule has 160 valence electrons. The highest BCUT2D eigenvalue weighted by molar-refractivity contribution is 5.91. The van der Waals surface area contributed by atoms with Crippen LogP contribution in [0, 0.1) is 0 Å². The Morgan fingerprint density at radius 3 is 1.19 bits per heavy atom. The van der Waals surface area contributed by atoms with Crippen molar-refractivity contribution in [2.75, 3.05) is 0 Å². The average Bonchev–Trinajstić information content (AvgIpc) is 2.66. The van der Waals surface area contributed by atoms with E-state index in [0.29, 0.717) is 5.57 Å². The van der Waals surface area contributed by atoms with Crippen molar-refractivity contribution in [2.24, 2.45) is 5.73 Å². The number of nitrogens with two attached hydrogens (primary N) is 1. The molecule has 0 rings (SSSR count). The summed E-state index contributed by atoms with van der Waals surface area (Å²) in [6.07, 6.45) is 29.7. The molecule has 0 aromatic heterocycles. The van der Waals surface area contributed by atoms with Crippen molar-refractivity contribution < 1.29 is 4.79 Å². The maximum Gasteiger partial charge on any atom is 0.244 e. The first kappa shape index (κ1) is 26.2. The Morgan fingerprint density at radius 2 is 0.889 bits per heavy atom. The van der Waals surface area contributed by atoms with Crippen LogP contribution in [0.2, 0.25) is 0 Å². The van der Waals surface area contributed by atoms with Crippen molar-refractivity contribution in [3.63, 3.8) is 0 Å². The van der Waals surface area contributed by atoms with E-state index in [0.717, 1.165) is 6.42 Å². The van der Waals surface area contributed by atoms with E-state index in [-0.39, 0.29) is 5.91 Å². The summed E-state index contributed by atoms with van der Waals surface area (Å²) in [6.45, 7) is 4.09. The molecule has 0 aliphatic carbocycles. The topological polar surface area (TPSA) is 43.1 Å². The molecule has 0 heterocycles. The van der Waals surface area contributed by atoms with Crippen molar-refractivity contribution in [1.82, 2.24) is 0 Å². The summed E-state index contributed by atoms with van der Waals surface area (Å²) in [5.41, 5.74) is 5.92. The number of allylic oxidation sites excluding steroid dienone is 1. The Morgan fingerprint density at radius 1 is 0.593 bits per heavy atom. The van der Waals surface area contributed by atoms with Gasteiger partial charge in [-0.1, -0.05) is 129 Å². The molecule has 0 atom stereocenters. The van der Waals surface area contributed by atoms with Crippen molar-refractivity contribution in [3.05, 3.63) is 11.6 Å². The molecule has 0 spiro atoms. The summed E-state index contributed by atoms with van der Waals surface area (Å²) < 4.78 is 0. The largest absolute Gasteiger partial charge is 0.366 e. The quantitative estimate of drug-likeness (QED) is 0.158. The van der Waals surface area contributed by atoms with Gasteiger partial charge in [0.15, 0.2) is 0 Å². The molecule has 0 saturated heterocycles. The smallest absolute Gasteiger partial charge is 0.244 e. The van der Waals surface area contributed by atoms with E-state index < -0.39 is 0 Å². The third-order valence-corrected chi connectivity index (χ3v) is 5.65. The Kier molecular flexibility index (Phi) is 20.9. The van der Waals surface area contributed by atoms with Crippen LogP contribution in [0.15, 0.2) is 11.6 Å². The number of amides is 1. The maximum absolute atomic E-state index is 10.9. The summed E-state index contributed by atoms with van der Waals surface area (Å²) in [5.74, 6) is -0.284. The van der Waals surface area contributed by atoms with Crippen LogP contribution in [-0.2, 0) is 4.79 Å². The van der Waals surface area contributed by atoms with E-state index in [4.69, 9.17) is 5.73 Å². The molecule has 0 saturated carbocycles. The summed E-state index contributed by atoms with van der Waals surface area (Å²) in [5, 5.41) is 0. The Hall–Kier alpha value is -0.790. The predicted octanol–water partition coefficient (Wildman–Crippen LogP) is 8.24. The van der Waals surface area contributed by atoms with E-state index in [2.05, 4.69) is 6.92 Å². The zero-order chi connectivity index (χ0) is 20.0. The highest BCUT2D eigenvalue weighted by Crippen LogP contribution is 2.15. The fourth-order valence-corrected chi connectivity index (χ4v) is 3.64. The van der Waals surface area contributed by atoms with Gasteiger partial charge in [-0.05, 0) is 19.8 Å². The molecule has 2 nitrogen and oxygen atoms in total. The summed E-state index contributed by atoms with van der Waals surface area (Å²) in [6, 6.07) is 0. The van der Waals surface area contributed by atoms with Crippen molar-refractivity contribution >= 4 is 5.91 Å². The fourth-order valence-electron chi connectivity index (χ4n) is 3.64. The van der Waals surface area contributed by atoms with Gasteiger partial charge in [0, 0.05) is 5.57 Å². The van der Waals surface area contributed by atoms with Crippen molar-refractivity contribution in [2.45, 2.75) is 142 Å². The zero-order valence-electron chi connectivity index (χ0n) is 18.7. The lowest BCUT2D eigenvalue weighted by Crippen LogP contribution is -2.11. The second-order valence-electron chi connectivity index (χ2n) is 8.40. The number of carbonyl (C=O) groups is 1. The lowest BCUT2D eigenvalue weighted by molar-refractivity contribution is -0.114. The molecule has 2 N–H and O–H groups in total. The second kappa shape index (κ2) is 21.5. The van der Waals surface area contributed by atoms with Gasteiger partial charge in [0.1, 0.15) is 0 Å². The molecular weight excluding hydrogens is 330 g/mol. The van der Waals surface area contributed by atoms with Gasteiger partial charge in [-0.3, -0.25) is 4.79 Å². The molecular formula is C25H49NO. The highest BCUT2D eigenvalue weighted by atomic mass is 16.1. The van der Waals surface area contributed by atoms with E-state index in [9.17, 15) is 4.79 Å². The third-order valence-electron chi connectivity index (χ3n) is 5.65. The lowest BCUT2D eigenvalue weighted by Gasteiger charge is -2.04. The molecule has 0 aliphatic rings. The minimum absolute atomic E-state index is 0.284. The highest BCUT2D eigenvalue weighted by Gasteiger charge is 1.97. The van der Waals surface area contributed by atoms with E-state index in [1.165, 1.54) is 122 Å². The molecule has 0 unspecified atom stereocenters. The third kappa shape index (κ3) is 21.4. The Labute approximate surface area is 170 Å². The predicted molar refractivity (Wildman–Crippen MR) is 121 cm³/mol. The minimum Gasteiger partial charge on any atom is -0.366 e. The van der Waals surface area contributed by atoms with Crippen LogP contribution >= 0.6 is 0 Å². The van der Waals surface area contributed by atoms with Gasteiger partial charge < -0.3 is 5.73 Å². The number of carbonyl (C=O) groups excluding carboxylic acids is 1. The SMILES string of the molecule is CCCCCCCCCCCCCCCCCCCCCC=C(C)C(N)=O. The van der Waals surface area contributed by atoms with Gasteiger partial charge in [0.05, 0.1) is 0 Å². The van der Waals surface area contributed by atoms with Gasteiger partial charge in [0.2, 0.25) is 5.91 Å². The molecule has 1 amide bonds. The van der Waals surface area contributed by atoms with Crippen LogP contribution in [0.3, 0.4) is 0 Å². The van der Waals surface area contributed by atoms with Gasteiger partial charge in [-0.15, -0.1) is 0 Å². The van der Waals surface area contributed by atoms with Crippen molar-refractivity contribution in [3.8, 4) is 0 Å². The molecule has 2 heteroatoms. The molecule has 0 aliphatic heterocycles. The standard InChI is InChI=1S/C25H49NO/c1-3-4-5-6-7-8-9-10-11-12-13-14-15-16-17-18-19-20-21-22-23-24(2)25(26)27/h23H,3-22H2,1-2H3,(H2,26,27). The minimum atomic E-state index is -0.284. The summed E-state index contributed by atoms with van der Waals surface area (Å²) >= 11 is 0. The molecule has 0 aromatic rings. The first-order chi connectivity index (χ1) is 13.2. The average molecular weight is 380 g/mol. The van der Waals surface area contributed by atoms with Crippen LogP contribution in [0.5, 0.6) is 0 Å². The second-order valence-corrected chi connectivity index (χ2v) is 8.40. The molecule has 0 bridgehead atoms. The zero-order valence-corrected chi connectivity index (χ0v) is 18.7. The van der Waals surface area contributed by atoms with E-state index in [1.54, 1.807) is 6.92 Å². The maximum atomic E-state index is 10.9. The Bertz CT molecular complexity index is 348. The number of hydrogen-bond donors (Lipinski definition) is 1. The Balaban J connectivity index is 3.09. The summed E-state index contributed by atoms with van der Waals surface area (Å²) in [7, 11) is 0.